The molecule has 1 atom stereocenters. The maximum Gasteiger partial charge on any atom is 0.221 e. The number of ketones is 1. The van der Waals surface area contributed by atoms with E-state index in [-0.39, 0.29) is 11.7 Å². The standard InChI is InChI=1S/C12H14BNO2/c1-7-6-10(14-9(3)15)4-5-11(7)12(16)8(2)13/h4-6,8H,1-3H3,(H,14,15). The highest BCUT2D eigenvalue weighted by Crippen LogP contribution is 2.19. The summed E-state index contributed by atoms with van der Waals surface area (Å²) in [5, 5.41) is 2.66. The van der Waals surface area contributed by atoms with E-state index in [4.69, 9.17) is 7.85 Å². The third-order valence-electron chi connectivity index (χ3n) is 2.23. The van der Waals surface area contributed by atoms with Crippen molar-refractivity contribution in [2.24, 2.45) is 0 Å². The van der Waals surface area contributed by atoms with Crippen LogP contribution in [0.25, 0.3) is 0 Å². The Bertz CT molecular complexity index is 427. The Hall–Kier alpha value is -1.58. The van der Waals surface area contributed by atoms with E-state index in [1.807, 2.05) is 6.92 Å². The summed E-state index contributed by atoms with van der Waals surface area (Å²) < 4.78 is 0. The van der Waals surface area contributed by atoms with Crippen molar-refractivity contribution in [3.63, 3.8) is 0 Å². The van der Waals surface area contributed by atoms with Gasteiger partial charge in [-0.1, -0.05) is 6.92 Å². The summed E-state index contributed by atoms with van der Waals surface area (Å²) in [6.07, 6.45) is 0. The molecule has 4 heteroatoms. The quantitative estimate of drug-likeness (QED) is 0.619. The van der Waals surface area contributed by atoms with Gasteiger partial charge in [0.1, 0.15) is 0 Å². The van der Waals surface area contributed by atoms with Crippen LogP contribution in [0, 0.1) is 6.92 Å². The highest BCUT2D eigenvalue weighted by atomic mass is 16.1. The average molecular weight is 215 g/mol. The number of rotatable bonds is 3. The van der Waals surface area contributed by atoms with Gasteiger partial charge in [-0.15, -0.1) is 0 Å². The Labute approximate surface area is 96.6 Å². The van der Waals surface area contributed by atoms with Crippen molar-refractivity contribution in [3.8, 4) is 0 Å². The van der Waals surface area contributed by atoms with Gasteiger partial charge in [0.05, 0.1) is 7.85 Å². The van der Waals surface area contributed by atoms with Gasteiger partial charge in [-0.3, -0.25) is 9.59 Å². The van der Waals surface area contributed by atoms with Gasteiger partial charge in [-0.2, -0.15) is 0 Å². The number of anilines is 1. The predicted molar refractivity (Wildman–Crippen MR) is 65.0 cm³/mol. The summed E-state index contributed by atoms with van der Waals surface area (Å²) >= 11 is 0. The molecule has 0 aliphatic rings. The zero-order valence-electron chi connectivity index (χ0n) is 9.70. The second-order valence-electron chi connectivity index (χ2n) is 3.86. The molecule has 1 N–H and O–H groups in total. The lowest BCUT2D eigenvalue weighted by molar-refractivity contribution is -0.114. The predicted octanol–water partition coefficient (Wildman–Crippen LogP) is 2.11. The van der Waals surface area contributed by atoms with Crippen molar-refractivity contribution in [2.75, 3.05) is 5.32 Å². The molecule has 0 aliphatic heterocycles. The van der Waals surface area contributed by atoms with Crippen molar-refractivity contribution < 1.29 is 9.59 Å². The summed E-state index contributed by atoms with van der Waals surface area (Å²) in [7, 11) is 5.54. The molecule has 1 aromatic carbocycles. The minimum atomic E-state index is -0.509. The van der Waals surface area contributed by atoms with E-state index in [9.17, 15) is 9.59 Å². The van der Waals surface area contributed by atoms with Gasteiger partial charge in [-0.25, -0.2) is 0 Å². The van der Waals surface area contributed by atoms with Crippen LogP contribution in [0.15, 0.2) is 18.2 Å². The summed E-state index contributed by atoms with van der Waals surface area (Å²) in [6, 6.07) is 5.15. The van der Waals surface area contributed by atoms with Gasteiger partial charge in [0.25, 0.3) is 0 Å². The summed E-state index contributed by atoms with van der Waals surface area (Å²) in [5.74, 6) is -0.733. The van der Waals surface area contributed by atoms with Gasteiger partial charge in [0.2, 0.25) is 5.91 Å². The number of nitrogens with one attached hydrogen (secondary N) is 1. The number of hydrogen-bond donors (Lipinski definition) is 1. The monoisotopic (exact) mass is 215 g/mol. The van der Waals surface area contributed by atoms with Gasteiger partial charge in [0, 0.05) is 18.2 Å². The third-order valence-corrected chi connectivity index (χ3v) is 2.23. The topological polar surface area (TPSA) is 46.2 Å². The van der Waals surface area contributed by atoms with Crippen molar-refractivity contribution in [3.05, 3.63) is 29.3 Å². The first-order valence-corrected chi connectivity index (χ1v) is 5.10. The second kappa shape index (κ2) is 4.97. The van der Waals surface area contributed by atoms with Crippen LogP contribution in [0.3, 0.4) is 0 Å². The van der Waals surface area contributed by atoms with E-state index >= 15 is 0 Å². The smallest absolute Gasteiger partial charge is 0.221 e. The molecule has 2 radical (unpaired) electrons. The lowest BCUT2D eigenvalue weighted by atomic mass is 9.81. The number of carbonyl (C=O) groups is 2. The first kappa shape index (κ1) is 12.5. The highest BCUT2D eigenvalue weighted by Gasteiger charge is 2.12. The van der Waals surface area contributed by atoms with Crippen LogP contribution in [0.4, 0.5) is 5.69 Å². The molecule has 0 heterocycles. The molecule has 1 aromatic rings. The molecular formula is C12H14BNO2. The Balaban J connectivity index is 3.00. The highest BCUT2D eigenvalue weighted by molar-refractivity contribution is 6.27. The summed E-state index contributed by atoms with van der Waals surface area (Å²) in [4.78, 5) is 22.5. The molecule has 3 nitrogen and oxygen atoms in total. The summed E-state index contributed by atoms with van der Waals surface area (Å²) in [6.45, 7) is 4.92. The van der Waals surface area contributed by atoms with Gasteiger partial charge < -0.3 is 5.32 Å². The first-order valence-electron chi connectivity index (χ1n) is 5.10. The number of amides is 1. The van der Waals surface area contributed by atoms with E-state index in [1.54, 1.807) is 25.1 Å². The van der Waals surface area contributed by atoms with Crippen LogP contribution < -0.4 is 5.32 Å². The van der Waals surface area contributed by atoms with Crippen LogP contribution >= 0.6 is 0 Å². The van der Waals surface area contributed by atoms with Crippen molar-refractivity contribution in [2.45, 2.75) is 26.6 Å². The van der Waals surface area contributed by atoms with Gasteiger partial charge >= 0.3 is 0 Å². The van der Waals surface area contributed by atoms with Crippen LogP contribution in [0.1, 0.15) is 29.8 Å². The first-order chi connectivity index (χ1) is 7.41. The lowest BCUT2D eigenvalue weighted by Gasteiger charge is -2.10. The van der Waals surface area contributed by atoms with Crippen molar-refractivity contribution >= 4 is 25.2 Å². The van der Waals surface area contributed by atoms with Crippen LogP contribution in [0.5, 0.6) is 0 Å². The molecular weight excluding hydrogens is 201 g/mol. The number of hydrogen-bond acceptors (Lipinski definition) is 2. The fourth-order valence-corrected chi connectivity index (χ4v) is 1.47. The molecule has 16 heavy (non-hydrogen) atoms. The van der Waals surface area contributed by atoms with Crippen LogP contribution in [0.2, 0.25) is 5.82 Å². The fraction of sp³-hybridized carbons (Fsp3) is 0.333. The number of aryl methyl sites for hydroxylation is 1. The Morgan fingerprint density at radius 1 is 1.38 bits per heavy atom. The molecule has 82 valence electrons. The normalized spacial score (nSPS) is 11.9. The lowest BCUT2D eigenvalue weighted by Crippen LogP contribution is -2.10. The zero-order chi connectivity index (χ0) is 12.3. The average Bonchev–Trinajstić information content (AvgIpc) is 2.15. The number of Topliss-reactive ketones (excluding diaryl/α,β-unsaturated/α-hetero) is 1. The zero-order valence-corrected chi connectivity index (χ0v) is 9.70. The molecule has 0 spiro atoms. The maximum atomic E-state index is 11.7. The third kappa shape index (κ3) is 2.96. The largest absolute Gasteiger partial charge is 0.326 e. The van der Waals surface area contributed by atoms with Gasteiger partial charge in [0.15, 0.2) is 5.78 Å². The number of carbonyl (C=O) groups excluding carboxylic acids is 2. The Morgan fingerprint density at radius 3 is 2.44 bits per heavy atom. The van der Waals surface area contributed by atoms with E-state index < -0.39 is 5.82 Å². The second-order valence-corrected chi connectivity index (χ2v) is 3.86. The molecule has 0 aliphatic carbocycles. The molecule has 0 saturated heterocycles. The van der Waals surface area contributed by atoms with Crippen molar-refractivity contribution in [1.29, 1.82) is 0 Å². The minimum Gasteiger partial charge on any atom is -0.326 e. The van der Waals surface area contributed by atoms with Crippen LogP contribution in [-0.4, -0.2) is 19.5 Å². The molecule has 1 rings (SSSR count). The minimum absolute atomic E-state index is 0.0909. The van der Waals surface area contributed by atoms with E-state index in [2.05, 4.69) is 5.32 Å². The Morgan fingerprint density at radius 2 is 2.00 bits per heavy atom. The number of benzene rings is 1. The van der Waals surface area contributed by atoms with Crippen LogP contribution in [-0.2, 0) is 4.79 Å². The van der Waals surface area contributed by atoms with E-state index in [0.717, 1.165) is 5.56 Å². The molecule has 0 bridgehead atoms. The molecule has 1 unspecified atom stereocenters. The van der Waals surface area contributed by atoms with E-state index in [0.29, 0.717) is 11.3 Å². The molecule has 0 aromatic heterocycles. The fourth-order valence-electron chi connectivity index (χ4n) is 1.47. The Kier molecular flexibility index (Phi) is 3.88. The van der Waals surface area contributed by atoms with E-state index in [1.165, 1.54) is 6.92 Å². The SMILES string of the molecule is [B]C(C)C(=O)c1ccc(NC(C)=O)cc1C. The summed E-state index contributed by atoms with van der Waals surface area (Å²) in [5.41, 5.74) is 2.10. The molecule has 0 saturated carbocycles. The molecule has 0 fully saturated rings. The maximum absolute atomic E-state index is 11.7. The van der Waals surface area contributed by atoms with Gasteiger partial charge in [-0.05, 0) is 36.5 Å². The molecule has 1 amide bonds. The van der Waals surface area contributed by atoms with Crippen molar-refractivity contribution in [1.82, 2.24) is 0 Å².